The van der Waals surface area contributed by atoms with Gasteiger partial charge in [0.1, 0.15) is 10.8 Å². The quantitative estimate of drug-likeness (QED) is 0.328. The number of aliphatic hydroxyl groups is 1. The van der Waals surface area contributed by atoms with Crippen LogP contribution in [0.1, 0.15) is 13.3 Å². The Morgan fingerprint density at radius 3 is 2.70 bits per heavy atom. The molecule has 1 heterocycles. The van der Waals surface area contributed by atoms with Crippen LogP contribution in [0.15, 0.2) is 41.4 Å². The van der Waals surface area contributed by atoms with Crippen molar-refractivity contribution in [1.29, 1.82) is 0 Å². The SMILES string of the molecule is CC(CCO)Sc1cc(NN)nc(-c2ccccc2)n1. The van der Waals surface area contributed by atoms with E-state index in [1.807, 2.05) is 36.4 Å². The van der Waals surface area contributed by atoms with Crippen molar-refractivity contribution in [3.8, 4) is 11.4 Å². The minimum absolute atomic E-state index is 0.173. The topological polar surface area (TPSA) is 84.1 Å². The number of anilines is 1. The van der Waals surface area contributed by atoms with Gasteiger partial charge in [-0.3, -0.25) is 0 Å². The fourth-order valence-electron chi connectivity index (χ4n) is 1.72. The number of nitrogens with one attached hydrogen (secondary N) is 1. The molecule has 1 atom stereocenters. The van der Waals surface area contributed by atoms with Crippen LogP contribution in [0.4, 0.5) is 5.82 Å². The second-order valence-corrected chi connectivity index (χ2v) is 5.82. The van der Waals surface area contributed by atoms with Gasteiger partial charge in [-0.1, -0.05) is 37.3 Å². The van der Waals surface area contributed by atoms with E-state index >= 15 is 0 Å². The molecule has 1 aromatic heterocycles. The molecule has 0 amide bonds. The molecule has 0 spiro atoms. The van der Waals surface area contributed by atoms with Crippen molar-refractivity contribution in [1.82, 2.24) is 9.97 Å². The summed E-state index contributed by atoms with van der Waals surface area (Å²) < 4.78 is 0. The Balaban J connectivity index is 2.29. The summed E-state index contributed by atoms with van der Waals surface area (Å²) in [6, 6.07) is 11.6. The van der Waals surface area contributed by atoms with Crippen molar-refractivity contribution in [3.05, 3.63) is 36.4 Å². The largest absolute Gasteiger partial charge is 0.396 e. The lowest BCUT2D eigenvalue weighted by atomic mass is 10.2. The van der Waals surface area contributed by atoms with E-state index in [9.17, 15) is 0 Å². The summed E-state index contributed by atoms with van der Waals surface area (Å²) in [6.45, 7) is 2.23. The number of thioether (sulfide) groups is 1. The van der Waals surface area contributed by atoms with Gasteiger partial charge in [0, 0.05) is 23.5 Å². The molecule has 2 aromatic rings. The van der Waals surface area contributed by atoms with Crippen LogP contribution in [0.3, 0.4) is 0 Å². The summed E-state index contributed by atoms with van der Waals surface area (Å²) in [5.74, 6) is 6.69. The van der Waals surface area contributed by atoms with Crippen LogP contribution < -0.4 is 11.3 Å². The van der Waals surface area contributed by atoms with Gasteiger partial charge < -0.3 is 10.5 Å². The summed E-state index contributed by atoms with van der Waals surface area (Å²) in [5, 5.41) is 10.1. The minimum Gasteiger partial charge on any atom is -0.396 e. The van der Waals surface area contributed by atoms with Gasteiger partial charge in [-0.05, 0) is 6.42 Å². The van der Waals surface area contributed by atoms with Crippen molar-refractivity contribution < 1.29 is 5.11 Å². The van der Waals surface area contributed by atoms with Crippen LogP contribution in [-0.4, -0.2) is 26.9 Å². The van der Waals surface area contributed by atoms with Crippen molar-refractivity contribution in [2.45, 2.75) is 23.6 Å². The number of nitrogens with two attached hydrogens (primary N) is 1. The lowest BCUT2D eigenvalue weighted by molar-refractivity contribution is 0.289. The van der Waals surface area contributed by atoms with Gasteiger partial charge in [-0.15, -0.1) is 11.8 Å². The molecule has 0 saturated heterocycles. The summed E-state index contributed by atoms with van der Waals surface area (Å²) >= 11 is 1.60. The molecular weight excluding hydrogens is 272 g/mol. The third-order valence-electron chi connectivity index (χ3n) is 2.74. The predicted octanol–water partition coefficient (Wildman–Crippen LogP) is 2.29. The number of aliphatic hydroxyl groups excluding tert-OH is 1. The maximum atomic E-state index is 8.97. The first kappa shape index (κ1) is 14.8. The highest BCUT2D eigenvalue weighted by Gasteiger charge is 2.10. The van der Waals surface area contributed by atoms with Crippen LogP contribution in [0.5, 0.6) is 0 Å². The van der Waals surface area contributed by atoms with E-state index in [4.69, 9.17) is 10.9 Å². The molecule has 4 N–H and O–H groups in total. The highest BCUT2D eigenvalue weighted by Crippen LogP contribution is 2.27. The Bertz CT molecular complexity index is 550. The third-order valence-corrected chi connectivity index (χ3v) is 3.83. The van der Waals surface area contributed by atoms with Gasteiger partial charge in [0.05, 0.1) is 0 Å². The van der Waals surface area contributed by atoms with E-state index in [2.05, 4.69) is 22.3 Å². The monoisotopic (exact) mass is 290 g/mol. The molecule has 0 bridgehead atoms. The second-order valence-electron chi connectivity index (χ2n) is 4.37. The predicted molar refractivity (Wildman–Crippen MR) is 82.3 cm³/mol. The van der Waals surface area contributed by atoms with E-state index in [1.54, 1.807) is 11.8 Å². The zero-order valence-electron chi connectivity index (χ0n) is 11.3. The standard InChI is InChI=1S/C14H18N4OS/c1-10(7-8-19)20-13-9-12(18-15)16-14(17-13)11-5-3-2-4-6-11/h2-6,9-10,19H,7-8,15H2,1H3,(H,16,17,18). The molecule has 5 nitrogen and oxygen atoms in total. The molecule has 20 heavy (non-hydrogen) atoms. The van der Waals surface area contributed by atoms with Gasteiger partial charge in [-0.2, -0.15) is 0 Å². The van der Waals surface area contributed by atoms with E-state index in [-0.39, 0.29) is 11.9 Å². The molecule has 2 rings (SSSR count). The first-order valence-electron chi connectivity index (χ1n) is 6.41. The Morgan fingerprint density at radius 2 is 2.05 bits per heavy atom. The second kappa shape index (κ2) is 7.23. The summed E-state index contributed by atoms with van der Waals surface area (Å²) in [5.41, 5.74) is 3.51. The maximum Gasteiger partial charge on any atom is 0.162 e. The fraction of sp³-hybridized carbons (Fsp3) is 0.286. The highest BCUT2D eigenvalue weighted by molar-refractivity contribution is 7.99. The lowest BCUT2D eigenvalue weighted by Gasteiger charge is -2.11. The van der Waals surface area contributed by atoms with Crippen LogP contribution in [-0.2, 0) is 0 Å². The lowest BCUT2D eigenvalue weighted by Crippen LogP contribution is -2.10. The molecule has 0 aliphatic rings. The number of nitrogens with zero attached hydrogens (tertiary/aromatic N) is 2. The zero-order valence-corrected chi connectivity index (χ0v) is 12.1. The van der Waals surface area contributed by atoms with Crippen molar-refractivity contribution in [2.75, 3.05) is 12.0 Å². The van der Waals surface area contributed by atoms with Gasteiger partial charge in [0.2, 0.25) is 0 Å². The Hall–Kier alpha value is -1.63. The summed E-state index contributed by atoms with van der Waals surface area (Å²) in [4.78, 5) is 8.91. The van der Waals surface area contributed by atoms with E-state index in [0.717, 1.165) is 17.0 Å². The normalized spacial score (nSPS) is 12.2. The van der Waals surface area contributed by atoms with Gasteiger partial charge >= 0.3 is 0 Å². The van der Waals surface area contributed by atoms with Gasteiger partial charge in [0.25, 0.3) is 0 Å². The summed E-state index contributed by atoms with van der Waals surface area (Å²) in [6.07, 6.45) is 0.723. The Morgan fingerprint density at radius 1 is 1.30 bits per heavy atom. The first-order valence-corrected chi connectivity index (χ1v) is 7.29. The van der Waals surface area contributed by atoms with Crippen molar-refractivity contribution in [2.24, 2.45) is 5.84 Å². The molecule has 0 fully saturated rings. The van der Waals surface area contributed by atoms with Gasteiger partial charge in [0.15, 0.2) is 5.82 Å². The number of hydrogen-bond donors (Lipinski definition) is 3. The van der Waals surface area contributed by atoms with Crippen LogP contribution in [0.2, 0.25) is 0 Å². The molecule has 0 aliphatic carbocycles. The van der Waals surface area contributed by atoms with Crippen LogP contribution in [0.25, 0.3) is 11.4 Å². The molecular formula is C14H18N4OS. The maximum absolute atomic E-state index is 8.97. The number of hydrogen-bond acceptors (Lipinski definition) is 6. The smallest absolute Gasteiger partial charge is 0.162 e. The van der Waals surface area contributed by atoms with Crippen molar-refractivity contribution in [3.63, 3.8) is 0 Å². The van der Waals surface area contributed by atoms with E-state index in [1.165, 1.54) is 0 Å². The number of nitrogen functional groups attached to an aromatic ring is 1. The first-order chi connectivity index (χ1) is 9.72. The summed E-state index contributed by atoms with van der Waals surface area (Å²) in [7, 11) is 0. The average molecular weight is 290 g/mol. The van der Waals surface area contributed by atoms with Gasteiger partial charge in [-0.25, -0.2) is 15.8 Å². The highest BCUT2D eigenvalue weighted by atomic mass is 32.2. The number of hydrazine groups is 1. The van der Waals surface area contributed by atoms with Crippen LogP contribution >= 0.6 is 11.8 Å². The molecule has 0 aliphatic heterocycles. The number of aromatic nitrogens is 2. The van der Waals surface area contributed by atoms with Crippen LogP contribution in [0, 0.1) is 0 Å². The minimum atomic E-state index is 0.173. The fourth-order valence-corrected chi connectivity index (χ4v) is 2.68. The van der Waals surface area contributed by atoms with Crippen molar-refractivity contribution >= 4 is 17.6 Å². The molecule has 1 aromatic carbocycles. The van der Waals surface area contributed by atoms with E-state index < -0.39 is 0 Å². The average Bonchev–Trinajstić information content (AvgIpc) is 2.48. The molecule has 106 valence electrons. The molecule has 0 radical (unpaired) electrons. The third kappa shape index (κ3) is 3.93. The molecule has 6 heteroatoms. The Kier molecular flexibility index (Phi) is 5.34. The Labute approximate surface area is 122 Å². The molecule has 0 saturated carbocycles. The van der Waals surface area contributed by atoms with E-state index in [0.29, 0.717) is 11.6 Å². The molecule has 1 unspecified atom stereocenters. The number of rotatable bonds is 6. The zero-order chi connectivity index (χ0) is 14.4. The number of benzene rings is 1.